The minimum Gasteiger partial charge on any atom is -0.254 e. The van der Waals surface area contributed by atoms with Crippen LogP contribution in [0.3, 0.4) is 0 Å². The van der Waals surface area contributed by atoms with Gasteiger partial charge in [-0.25, -0.2) is 0 Å². The quantitative estimate of drug-likeness (QED) is 0.529. The number of aromatic nitrogens is 2. The van der Waals surface area contributed by atoms with Gasteiger partial charge in [0, 0.05) is 22.7 Å². The molecule has 2 heterocycles. The van der Waals surface area contributed by atoms with Crippen LogP contribution in [0.4, 0.5) is 0 Å². The summed E-state index contributed by atoms with van der Waals surface area (Å²) in [5.41, 5.74) is 4.29. The Hall–Kier alpha value is -1.96. The van der Waals surface area contributed by atoms with Crippen LogP contribution in [0.25, 0.3) is 21.8 Å². The van der Waals surface area contributed by atoms with Crippen LogP contribution in [0, 0.1) is 13.8 Å². The van der Waals surface area contributed by atoms with Gasteiger partial charge in [-0.1, -0.05) is 18.2 Å². The second-order valence-electron chi connectivity index (χ2n) is 4.10. The molecule has 78 valence electrons. The van der Waals surface area contributed by atoms with Crippen molar-refractivity contribution in [2.24, 2.45) is 0 Å². The first-order valence-corrected chi connectivity index (χ1v) is 5.37. The molecule has 0 saturated heterocycles. The van der Waals surface area contributed by atoms with Crippen molar-refractivity contribution in [1.82, 2.24) is 9.97 Å². The molecule has 0 aliphatic carbocycles. The summed E-state index contributed by atoms with van der Waals surface area (Å²) in [7, 11) is 0. The Bertz CT molecular complexity index is 687. The van der Waals surface area contributed by atoms with Gasteiger partial charge >= 0.3 is 0 Å². The van der Waals surface area contributed by atoms with Crippen LogP contribution in [0.5, 0.6) is 0 Å². The van der Waals surface area contributed by atoms with E-state index in [0.29, 0.717) is 0 Å². The number of hydrogen-bond acceptors (Lipinski definition) is 2. The van der Waals surface area contributed by atoms with Gasteiger partial charge in [-0.3, -0.25) is 9.97 Å². The first kappa shape index (κ1) is 9.28. The van der Waals surface area contributed by atoms with Gasteiger partial charge in [-0.05, 0) is 31.5 Å². The van der Waals surface area contributed by atoms with Gasteiger partial charge in [0.25, 0.3) is 0 Å². The molecule has 0 atom stereocenters. The molecule has 2 heteroatoms. The number of fused-ring (bicyclic) bond motifs is 3. The molecule has 0 radical (unpaired) electrons. The van der Waals surface area contributed by atoms with E-state index in [1.165, 1.54) is 5.56 Å². The highest BCUT2D eigenvalue weighted by Gasteiger charge is 2.04. The summed E-state index contributed by atoms with van der Waals surface area (Å²) < 4.78 is 0. The summed E-state index contributed by atoms with van der Waals surface area (Å²) >= 11 is 0. The number of pyridine rings is 2. The zero-order valence-electron chi connectivity index (χ0n) is 9.36. The van der Waals surface area contributed by atoms with Crippen molar-refractivity contribution in [2.75, 3.05) is 0 Å². The lowest BCUT2D eigenvalue weighted by Crippen LogP contribution is -1.90. The molecule has 0 aliphatic rings. The zero-order chi connectivity index (χ0) is 11.1. The third-order valence-electron chi connectivity index (χ3n) is 3.00. The molecule has 0 fully saturated rings. The van der Waals surface area contributed by atoms with E-state index < -0.39 is 0 Å². The van der Waals surface area contributed by atoms with E-state index in [0.717, 1.165) is 27.5 Å². The molecule has 0 bridgehead atoms. The van der Waals surface area contributed by atoms with Gasteiger partial charge in [0.2, 0.25) is 0 Å². The minimum atomic E-state index is 0.989. The number of benzene rings is 1. The highest BCUT2D eigenvalue weighted by molar-refractivity contribution is 6.02. The van der Waals surface area contributed by atoms with E-state index in [4.69, 9.17) is 0 Å². The molecule has 2 nitrogen and oxygen atoms in total. The second-order valence-corrected chi connectivity index (χ2v) is 4.10. The fraction of sp³-hybridized carbons (Fsp3) is 0.143. The third kappa shape index (κ3) is 1.27. The van der Waals surface area contributed by atoms with Gasteiger partial charge in [0.15, 0.2) is 0 Å². The predicted octanol–water partition coefficient (Wildman–Crippen LogP) is 3.40. The van der Waals surface area contributed by atoms with Gasteiger partial charge in [0.05, 0.1) is 11.0 Å². The van der Waals surface area contributed by atoms with Crippen LogP contribution in [-0.4, -0.2) is 9.97 Å². The lowest BCUT2D eigenvalue weighted by atomic mass is 10.1. The van der Waals surface area contributed by atoms with Crippen LogP contribution in [0.15, 0.2) is 36.5 Å². The smallest absolute Gasteiger partial charge is 0.0967 e. The highest BCUT2D eigenvalue weighted by atomic mass is 14.7. The standard InChI is InChI=1S/C14H12N2/c1-9-8-12-6-5-11-4-3-7-15-13(11)14(12)16-10(9)2/h3-8H,1-2H3. The van der Waals surface area contributed by atoms with Crippen molar-refractivity contribution in [3.05, 3.63) is 47.8 Å². The summed E-state index contributed by atoms with van der Waals surface area (Å²) in [6, 6.07) is 10.4. The summed E-state index contributed by atoms with van der Waals surface area (Å²) in [6.45, 7) is 4.13. The maximum Gasteiger partial charge on any atom is 0.0967 e. The second kappa shape index (κ2) is 3.27. The van der Waals surface area contributed by atoms with Crippen molar-refractivity contribution in [1.29, 1.82) is 0 Å². The van der Waals surface area contributed by atoms with E-state index in [9.17, 15) is 0 Å². The number of nitrogens with zero attached hydrogens (tertiary/aromatic N) is 2. The first-order valence-electron chi connectivity index (χ1n) is 5.37. The molecule has 0 spiro atoms. The molecule has 16 heavy (non-hydrogen) atoms. The summed E-state index contributed by atoms with van der Waals surface area (Å²) in [5, 5.41) is 2.31. The van der Waals surface area contributed by atoms with Crippen LogP contribution in [0.2, 0.25) is 0 Å². The SMILES string of the molecule is Cc1cc2ccc3cccnc3c2nc1C. The number of aryl methyl sites for hydroxylation is 2. The fourth-order valence-electron chi connectivity index (χ4n) is 1.97. The normalized spacial score (nSPS) is 11.1. The maximum atomic E-state index is 4.64. The molecule has 0 unspecified atom stereocenters. The van der Waals surface area contributed by atoms with E-state index in [1.54, 1.807) is 0 Å². The Labute approximate surface area is 94.0 Å². The average Bonchev–Trinajstić information content (AvgIpc) is 2.31. The minimum absolute atomic E-state index is 0.989. The summed E-state index contributed by atoms with van der Waals surface area (Å²) in [5.74, 6) is 0. The van der Waals surface area contributed by atoms with E-state index in [2.05, 4.69) is 41.2 Å². The lowest BCUT2D eigenvalue weighted by molar-refractivity contribution is 1.20. The Morgan fingerprint density at radius 3 is 2.62 bits per heavy atom. The van der Waals surface area contributed by atoms with Crippen molar-refractivity contribution in [3.63, 3.8) is 0 Å². The van der Waals surface area contributed by atoms with Gasteiger partial charge in [0.1, 0.15) is 0 Å². The van der Waals surface area contributed by atoms with E-state index >= 15 is 0 Å². The third-order valence-corrected chi connectivity index (χ3v) is 3.00. The number of hydrogen-bond donors (Lipinski definition) is 0. The molecular formula is C14H12N2. The number of rotatable bonds is 0. The summed E-state index contributed by atoms with van der Waals surface area (Å²) in [4.78, 5) is 9.06. The zero-order valence-corrected chi connectivity index (χ0v) is 9.36. The summed E-state index contributed by atoms with van der Waals surface area (Å²) in [6.07, 6.45) is 1.82. The van der Waals surface area contributed by atoms with E-state index in [-0.39, 0.29) is 0 Å². The molecule has 3 aromatic rings. The lowest BCUT2D eigenvalue weighted by Gasteiger charge is -2.05. The monoisotopic (exact) mass is 208 g/mol. The van der Waals surface area contributed by atoms with E-state index in [1.807, 2.05) is 19.2 Å². The first-order chi connectivity index (χ1) is 7.75. The predicted molar refractivity (Wildman–Crippen MR) is 66.5 cm³/mol. The van der Waals surface area contributed by atoms with Crippen LogP contribution < -0.4 is 0 Å². The van der Waals surface area contributed by atoms with Crippen molar-refractivity contribution in [3.8, 4) is 0 Å². The molecule has 0 aliphatic heterocycles. The topological polar surface area (TPSA) is 25.8 Å². The molecular weight excluding hydrogens is 196 g/mol. The molecule has 1 aromatic carbocycles. The van der Waals surface area contributed by atoms with Crippen molar-refractivity contribution in [2.45, 2.75) is 13.8 Å². The van der Waals surface area contributed by atoms with Crippen molar-refractivity contribution >= 4 is 21.8 Å². The largest absolute Gasteiger partial charge is 0.254 e. The maximum absolute atomic E-state index is 4.64. The Kier molecular flexibility index (Phi) is 1.90. The van der Waals surface area contributed by atoms with Crippen LogP contribution >= 0.6 is 0 Å². The Morgan fingerprint density at radius 2 is 1.75 bits per heavy atom. The molecule has 3 rings (SSSR count). The van der Waals surface area contributed by atoms with Gasteiger partial charge in [-0.2, -0.15) is 0 Å². The highest BCUT2D eigenvalue weighted by Crippen LogP contribution is 2.23. The van der Waals surface area contributed by atoms with Gasteiger partial charge in [-0.15, -0.1) is 0 Å². The average molecular weight is 208 g/mol. The van der Waals surface area contributed by atoms with Crippen LogP contribution in [-0.2, 0) is 0 Å². The van der Waals surface area contributed by atoms with Crippen LogP contribution in [0.1, 0.15) is 11.3 Å². The van der Waals surface area contributed by atoms with Gasteiger partial charge < -0.3 is 0 Å². The molecule has 0 N–H and O–H groups in total. The molecule has 0 amide bonds. The molecule has 2 aromatic heterocycles. The Balaban J connectivity index is 2.55. The van der Waals surface area contributed by atoms with Crippen molar-refractivity contribution < 1.29 is 0 Å². The molecule has 0 saturated carbocycles. The Morgan fingerprint density at radius 1 is 0.938 bits per heavy atom. The fourth-order valence-corrected chi connectivity index (χ4v) is 1.97.